The van der Waals surface area contributed by atoms with Crippen molar-refractivity contribution in [1.82, 2.24) is 0 Å². The molecule has 3 heteroatoms. The minimum absolute atomic E-state index is 0. The van der Waals surface area contributed by atoms with E-state index in [4.69, 9.17) is 0 Å². The molecule has 0 aromatic heterocycles. The Balaban J connectivity index is 0.000000179. The van der Waals surface area contributed by atoms with Gasteiger partial charge in [0.1, 0.15) is 0 Å². The summed E-state index contributed by atoms with van der Waals surface area (Å²) in [6.45, 7) is 15.8. The fourth-order valence-electron chi connectivity index (χ4n) is 6.70. The van der Waals surface area contributed by atoms with Crippen molar-refractivity contribution in [1.29, 1.82) is 0 Å². The third-order valence-corrected chi connectivity index (χ3v) is 11.0. The van der Waals surface area contributed by atoms with Crippen molar-refractivity contribution in [2.24, 2.45) is 5.41 Å². The molecule has 0 nitrogen and oxygen atoms in total. The fourth-order valence-corrected chi connectivity index (χ4v) is 7.52. The Kier molecular flexibility index (Phi) is 11.8. The Morgan fingerprint density at radius 1 is 0.708 bits per heavy atom. The van der Waals surface area contributed by atoms with E-state index in [0.717, 1.165) is 12.8 Å². The Labute approximate surface area is 316 Å². The maximum absolute atomic E-state index is 3.50. The van der Waals surface area contributed by atoms with E-state index in [2.05, 4.69) is 176 Å². The van der Waals surface area contributed by atoms with E-state index in [1.54, 1.807) is 0 Å². The van der Waals surface area contributed by atoms with Gasteiger partial charge in [0.25, 0.3) is 0 Å². The predicted octanol–water partition coefficient (Wildman–Crippen LogP) is 5.20. The van der Waals surface area contributed by atoms with Crippen LogP contribution in [0.5, 0.6) is 0 Å². The van der Waals surface area contributed by atoms with Gasteiger partial charge in [0, 0.05) is 5.41 Å². The van der Waals surface area contributed by atoms with E-state index < -0.39 is 0 Å². The van der Waals surface area contributed by atoms with Gasteiger partial charge in [-0.1, -0.05) is 83.6 Å². The van der Waals surface area contributed by atoms with E-state index in [9.17, 15) is 0 Å². The van der Waals surface area contributed by atoms with Crippen molar-refractivity contribution < 1.29 is 49.0 Å². The number of halogens is 2. The molecule has 4 aliphatic carbocycles. The minimum atomic E-state index is 0. The van der Waals surface area contributed by atoms with Gasteiger partial charge in [0.15, 0.2) is 0 Å². The number of benzene rings is 4. The summed E-state index contributed by atoms with van der Waals surface area (Å²) in [5.74, 6) is 0. The molecule has 4 aliphatic rings. The van der Waals surface area contributed by atoms with Gasteiger partial charge in [-0.25, -0.2) is 12.2 Å². The molecule has 244 valence electrons. The zero-order chi connectivity index (χ0) is 32.7. The summed E-state index contributed by atoms with van der Waals surface area (Å²) in [4.78, 5) is 0. The number of fused-ring (bicyclic) bond motifs is 5. The molecule has 0 N–H and O–H groups in total. The van der Waals surface area contributed by atoms with E-state index in [-0.39, 0.29) is 35.6 Å². The first-order chi connectivity index (χ1) is 21.8. The molecule has 0 heterocycles. The number of hydrogen-bond donors (Lipinski definition) is 0. The second-order valence-electron chi connectivity index (χ2n) is 14.9. The molecule has 4 aromatic rings. The number of rotatable bonds is 2. The molecule has 0 saturated heterocycles. The van der Waals surface area contributed by atoms with Crippen LogP contribution in [0.3, 0.4) is 0 Å². The van der Waals surface area contributed by atoms with Crippen LogP contribution in [-0.4, -0.2) is 3.21 Å². The van der Waals surface area contributed by atoms with Crippen LogP contribution in [0.25, 0.3) is 23.3 Å². The molecule has 0 bridgehead atoms. The summed E-state index contributed by atoms with van der Waals surface area (Å²) < 4.78 is 1.42. The van der Waals surface area contributed by atoms with Crippen LogP contribution < -0.4 is 24.8 Å². The van der Waals surface area contributed by atoms with Gasteiger partial charge in [0.2, 0.25) is 0 Å². The van der Waals surface area contributed by atoms with Crippen LogP contribution in [0.1, 0.15) is 99.4 Å². The molecule has 0 amide bonds. The Morgan fingerprint density at radius 2 is 1.25 bits per heavy atom. The topological polar surface area (TPSA) is 0 Å². The maximum atomic E-state index is 3.50. The quantitative estimate of drug-likeness (QED) is 0.218. The van der Waals surface area contributed by atoms with Gasteiger partial charge in [-0.2, -0.15) is 17.2 Å². The standard InChI is InChI=1S/C23H21.C13H10.C9H13.2ClH.Zr/c1-22(2)7-5-14-10-18-16(12-20(14)22)9-17-13-21-15(11-19(17)18)6-8-23(21,3)4;1-3-7-12(8-4-1)11-13-9-5-2-6-10-13;1-9(2,3)8-6-4-5-7-8;;;/h5-7,10-13H,9H2,1-4H3;1-10H;6-7H,4H2,1-3H3;2*1H;/q-1;;-1;;;+2/p-2. The second kappa shape index (κ2) is 15.0. The molecule has 0 fully saturated rings. The van der Waals surface area contributed by atoms with Crippen LogP contribution in [0.15, 0.2) is 109 Å². The molecule has 0 unspecified atom stereocenters. The molecule has 0 atom stereocenters. The van der Waals surface area contributed by atoms with Crippen molar-refractivity contribution in [2.45, 2.75) is 72.1 Å². The molecule has 8 rings (SSSR count). The second-order valence-corrected chi connectivity index (χ2v) is 16.1. The van der Waals surface area contributed by atoms with Crippen LogP contribution in [-0.2, 0) is 41.5 Å². The van der Waals surface area contributed by atoms with Gasteiger partial charge in [-0.3, -0.25) is 12.2 Å². The van der Waals surface area contributed by atoms with Crippen molar-refractivity contribution in [3.05, 3.63) is 165 Å². The normalized spacial score (nSPS) is 16.1. The fraction of sp³-hybridized carbons (Fsp3) is 0.267. The SMILES string of the molecule is CC(C)(C)C1=CC[C-]=C1.CC1(C)[C-]=Cc2cc3c(cc21)Cc1cc2c(cc1-3)C=CC2(C)C.[Cl-].[Cl-].[Zr+2]=[C](c1ccccc1)c1ccccc1. The van der Waals surface area contributed by atoms with Gasteiger partial charge >= 0.3 is 99.2 Å². The summed E-state index contributed by atoms with van der Waals surface area (Å²) in [6.07, 6.45) is 19.9. The predicted molar refractivity (Wildman–Crippen MR) is 194 cm³/mol. The summed E-state index contributed by atoms with van der Waals surface area (Å²) in [5.41, 5.74) is 16.1. The van der Waals surface area contributed by atoms with Crippen molar-refractivity contribution in [3.8, 4) is 11.1 Å². The molecule has 0 saturated carbocycles. The zero-order valence-electron chi connectivity index (χ0n) is 29.1. The zero-order valence-corrected chi connectivity index (χ0v) is 33.1. The Bertz CT molecular complexity index is 1790. The molecule has 4 aromatic carbocycles. The van der Waals surface area contributed by atoms with E-state index in [0.29, 0.717) is 5.41 Å². The first kappa shape index (κ1) is 38.0. The van der Waals surface area contributed by atoms with E-state index in [1.807, 2.05) is 0 Å². The average Bonchev–Trinajstić information content (AvgIpc) is 3.82. The monoisotopic (exact) mass is 744 g/mol. The Hall–Kier alpha value is -2.83. The number of allylic oxidation sites excluding steroid dienone is 6. The molecule has 0 spiro atoms. The summed E-state index contributed by atoms with van der Waals surface area (Å²) in [5, 5.41) is 0. The average molecular weight is 747 g/mol. The van der Waals surface area contributed by atoms with Crippen molar-refractivity contribution >= 4 is 15.4 Å². The van der Waals surface area contributed by atoms with Crippen LogP contribution in [0, 0.1) is 17.6 Å². The third-order valence-electron chi connectivity index (χ3n) is 9.55. The van der Waals surface area contributed by atoms with E-state index >= 15 is 0 Å². The molecular formula is C45H44Cl2Zr-2. The summed E-state index contributed by atoms with van der Waals surface area (Å²) in [7, 11) is 0. The van der Waals surface area contributed by atoms with Gasteiger partial charge < -0.3 is 24.8 Å². The molecular weight excluding hydrogens is 703 g/mol. The van der Waals surface area contributed by atoms with Gasteiger partial charge in [-0.15, -0.1) is 18.1 Å². The van der Waals surface area contributed by atoms with Gasteiger partial charge in [0.05, 0.1) is 0 Å². The first-order valence-electron chi connectivity index (χ1n) is 16.5. The number of hydrogen-bond acceptors (Lipinski definition) is 0. The van der Waals surface area contributed by atoms with Crippen molar-refractivity contribution in [2.75, 3.05) is 0 Å². The Morgan fingerprint density at radius 3 is 1.75 bits per heavy atom. The molecule has 0 radical (unpaired) electrons. The van der Waals surface area contributed by atoms with Crippen LogP contribution in [0.4, 0.5) is 0 Å². The van der Waals surface area contributed by atoms with Crippen LogP contribution >= 0.6 is 0 Å². The molecule has 48 heavy (non-hydrogen) atoms. The summed E-state index contributed by atoms with van der Waals surface area (Å²) >= 11 is 1.46. The summed E-state index contributed by atoms with van der Waals surface area (Å²) in [6, 6.07) is 30.8. The third kappa shape index (κ3) is 7.97. The van der Waals surface area contributed by atoms with Gasteiger partial charge in [-0.05, 0) is 45.9 Å². The van der Waals surface area contributed by atoms with Crippen LogP contribution in [0.2, 0.25) is 0 Å². The molecule has 0 aliphatic heterocycles. The first-order valence-corrected chi connectivity index (χ1v) is 17.7. The van der Waals surface area contributed by atoms with E-state index in [1.165, 1.54) is 88.6 Å². The van der Waals surface area contributed by atoms with Crippen molar-refractivity contribution in [3.63, 3.8) is 0 Å².